The van der Waals surface area contributed by atoms with Crippen molar-refractivity contribution in [2.75, 3.05) is 0 Å². The topological polar surface area (TPSA) is 0 Å². The number of rotatable bonds is 8. The molecule has 0 aliphatic heterocycles. The molecule has 0 spiro atoms. The van der Waals surface area contributed by atoms with Gasteiger partial charge in [0.1, 0.15) is 5.82 Å². The van der Waals surface area contributed by atoms with Gasteiger partial charge in [0.15, 0.2) is 29.1 Å². The van der Waals surface area contributed by atoms with E-state index in [4.69, 9.17) is 0 Å². The van der Waals surface area contributed by atoms with E-state index in [0.29, 0.717) is 17.4 Å². The Morgan fingerprint density at radius 2 is 0.413 bits per heavy atom. The maximum atomic E-state index is 13.7. The van der Waals surface area contributed by atoms with E-state index in [1.165, 1.54) is 197 Å². The summed E-state index contributed by atoms with van der Waals surface area (Å²) in [5.41, 5.74) is 3.62. The third kappa shape index (κ3) is 22.1. The Labute approximate surface area is 574 Å². The summed E-state index contributed by atoms with van der Waals surface area (Å²) in [5.74, 6) is 12.9. The number of benzene rings is 3. The zero-order chi connectivity index (χ0) is 65.3. The summed E-state index contributed by atoms with van der Waals surface area (Å²) >= 11 is 0. The third-order valence-electron chi connectivity index (χ3n) is 27.6. The molecule has 10 aliphatic rings. The number of hydrogen-bond acceptors (Lipinski definition) is 0. The van der Waals surface area contributed by atoms with E-state index in [1.807, 2.05) is 13.0 Å². The smallest absolute Gasteiger partial charge is 0.194 e. The first-order valence-corrected chi connectivity index (χ1v) is 39.7. The van der Waals surface area contributed by atoms with Crippen molar-refractivity contribution in [2.24, 2.45) is 101 Å². The standard InChI is InChI=1S/C20H29F.C19H25F3.C19H26F2.2C14H26.10H2/c1-14-3-6-16(7-4-14)17-9-11-18(12-10-17)19-8-5-15(2)20(21)13-19;1-12-2-4-13(5-3-12)14-6-8-15(9-7-14)16-10-17(20)19(22)18(21)11-16;1-13-2-4-14(5-3-13)15-6-8-16(9-7-15)17-10-11-18(20)19(21)12-17;2*1-11-3-7-13(8-4-11)14-9-5-12(2)6-10-14;;;;;;;;;;/h5,8,13-14,16-18H,3-4,6-7,9-12H2,1-2H3;10-15H,2-9H2,1H3;10-16H,2-9H2,1H3;2*11-14H,3-10H2,1-2H3;10*1H. The summed E-state index contributed by atoms with van der Waals surface area (Å²) < 4.78 is 80.0. The van der Waals surface area contributed by atoms with Crippen LogP contribution in [0.1, 0.15) is 360 Å². The fraction of sp³-hybridized carbons (Fsp3) is 0.791. The zero-order valence-corrected chi connectivity index (χ0v) is 59.7. The Kier molecular flexibility index (Phi) is 29.3. The van der Waals surface area contributed by atoms with Crippen LogP contribution in [0.2, 0.25) is 0 Å². The van der Waals surface area contributed by atoms with E-state index < -0.39 is 29.1 Å². The minimum atomic E-state index is -1.35. The lowest BCUT2D eigenvalue weighted by Gasteiger charge is -2.37. The van der Waals surface area contributed by atoms with Crippen LogP contribution in [0.15, 0.2) is 48.5 Å². The molecule has 6 heteroatoms. The maximum Gasteiger partial charge on any atom is 0.194 e. The van der Waals surface area contributed by atoms with Gasteiger partial charge in [-0.25, -0.2) is 26.3 Å². The van der Waals surface area contributed by atoms with Crippen LogP contribution in [0.4, 0.5) is 26.3 Å². The fourth-order valence-electron chi connectivity index (χ4n) is 20.5. The highest BCUT2D eigenvalue weighted by Gasteiger charge is 2.35. The first-order chi connectivity index (χ1) is 44.3. The molecule has 10 aliphatic carbocycles. The van der Waals surface area contributed by atoms with Crippen LogP contribution in [0.3, 0.4) is 0 Å². The summed E-state index contributed by atoms with van der Waals surface area (Å²) in [4.78, 5) is 0. The molecule has 538 valence electrons. The van der Waals surface area contributed by atoms with E-state index in [2.05, 4.69) is 54.5 Å². The molecule has 0 nitrogen and oxygen atoms in total. The second-order valence-electron chi connectivity index (χ2n) is 34.5. The van der Waals surface area contributed by atoms with Crippen LogP contribution in [-0.2, 0) is 0 Å². The summed E-state index contributed by atoms with van der Waals surface area (Å²) in [6, 6.07) is 12.7. The molecule has 0 N–H and O–H groups in total. The fourth-order valence-corrected chi connectivity index (χ4v) is 20.5. The molecule has 10 saturated carbocycles. The lowest BCUT2D eigenvalue weighted by Crippen LogP contribution is -2.24. The Morgan fingerprint density at radius 1 is 0.217 bits per heavy atom. The van der Waals surface area contributed by atoms with Crippen LogP contribution >= 0.6 is 0 Å². The summed E-state index contributed by atoms with van der Waals surface area (Å²) in [6.45, 7) is 18.7. The second kappa shape index (κ2) is 36.7. The van der Waals surface area contributed by atoms with Gasteiger partial charge in [-0.3, -0.25) is 0 Å². The molecule has 0 amide bonds. The predicted octanol–water partition coefficient (Wildman–Crippen LogP) is 30.2. The van der Waals surface area contributed by atoms with Gasteiger partial charge in [-0.1, -0.05) is 157 Å². The average Bonchev–Trinajstić information content (AvgIpc) is 0.895. The van der Waals surface area contributed by atoms with Crippen LogP contribution < -0.4 is 0 Å². The van der Waals surface area contributed by atoms with Gasteiger partial charge in [0.2, 0.25) is 0 Å². The lowest BCUT2D eigenvalue weighted by atomic mass is 9.68. The van der Waals surface area contributed by atoms with E-state index in [1.54, 1.807) is 63.5 Å². The van der Waals surface area contributed by atoms with Crippen molar-refractivity contribution < 1.29 is 40.6 Å². The van der Waals surface area contributed by atoms with Crippen molar-refractivity contribution in [2.45, 2.75) is 330 Å². The summed E-state index contributed by atoms with van der Waals surface area (Å²) in [7, 11) is 0. The SMILES string of the molecule is CC1CCC(C2CCC(C)CC2)CC1.CC1CCC(C2CCC(C)CC2)CC1.CC1CCC(C2CCC(c3cc(F)c(F)c(F)c3)CC2)CC1.CC1CCC(C2CCC(c3ccc(F)c(F)c3)CC2)CC1.Cc1ccc(C2CCC(C3CCC(C)CC3)CC2)cc1F.[HH].[HH].[HH].[HH].[HH].[HH].[HH].[HH].[HH].[HH]. The van der Waals surface area contributed by atoms with Gasteiger partial charge < -0.3 is 0 Å². The van der Waals surface area contributed by atoms with Crippen molar-refractivity contribution in [1.82, 2.24) is 0 Å². The number of aryl methyl sites for hydroxylation is 1. The predicted molar refractivity (Wildman–Crippen MR) is 397 cm³/mol. The highest BCUT2D eigenvalue weighted by Crippen LogP contribution is 2.49. The summed E-state index contributed by atoms with van der Waals surface area (Å²) in [5, 5.41) is 0. The van der Waals surface area contributed by atoms with Crippen LogP contribution in [0.25, 0.3) is 0 Å². The monoisotopic (exact) mass is 1300 g/mol. The molecule has 0 aromatic heterocycles. The second-order valence-corrected chi connectivity index (χ2v) is 34.5. The van der Waals surface area contributed by atoms with Crippen LogP contribution in [-0.4, -0.2) is 0 Å². The molecule has 0 saturated heterocycles. The molecule has 0 bridgehead atoms. The number of hydrogen-bond donors (Lipinski definition) is 0. The largest absolute Gasteiger partial charge is 0.207 e. The molecule has 0 radical (unpaired) electrons. The minimum absolute atomic E-state index is 0. The van der Waals surface area contributed by atoms with Gasteiger partial charge in [-0.15, -0.1) is 0 Å². The molecule has 10 fully saturated rings. The molecular formula is C86H152F6. The van der Waals surface area contributed by atoms with E-state index >= 15 is 0 Å². The van der Waals surface area contributed by atoms with E-state index in [9.17, 15) is 26.3 Å². The van der Waals surface area contributed by atoms with Crippen molar-refractivity contribution in [3.05, 3.63) is 106 Å². The quantitative estimate of drug-likeness (QED) is 0.156. The minimum Gasteiger partial charge on any atom is -0.207 e. The van der Waals surface area contributed by atoms with Gasteiger partial charge in [0, 0.05) is 14.3 Å². The normalized spacial score (nSPS) is 37.0. The van der Waals surface area contributed by atoms with Crippen LogP contribution in [0, 0.1) is 142 Å². The first kappa shape index (κ1) is 73.5. The van der Waals surface area contributed by atoms with Gasteiger partial charge in [0.05, 0.1) is 0 Å². The Balaban J connectivity index is 0. The van der Waals surface area contributed by atoms with Crippen molar-refractivity contribution in [3.63, 3.8) is 0 Å². The maximum absolute atomic E-state index is 13.7. The van der Waals surface area contributed by atoms with Crippen LogP contribution in [0.5, 0.6) is 0 Å². The van der Waals surface area contributed by atoms with Gasteiger partial charge in [-0.05, 0) is 345 Å². The third-order valence-corrected chi connectivity index (χ3v) is 27.6. The molecule has 0 atom stereocenters. The lowest BCUT2D eigenvalue weighted by molar-refractivity contribution is 0.155. The van der Waals surface area contributed by atoms with E-state index in [0.717, 1.165) is 150 Å². The van der Waals surface area contributed by atoms with Gasteiger partial charge in [-0.2, -0.15) is 0 Å². The van der Waals surface area contributed by atoms with Crippen molar-refractivity contribution in [3.8, 4) is 0 Å². The zero-order valence-electron chi connectivity index (χ0n) is 59.7. The average molecular weight is 1300 g/mol. The molecule has 3 aromatic rings. The molecule has 0 heterocycles. The molecule has 13 rings (SSSR count). The highest BCUT2D eigenvalue weighted by atomic mass is 19.2. The Morgan fingerprint density at radius 3 is 0.641 bits per heavy atom. The summed E-state index contributed by atoms with van der Waals surface area (Å²) in [6.07, 6.45) is 55.5. The van der Waals surface area contributed by atoms with Crippen molar-refractivity contribution in [1.29, 1.82) is 0 Å². The Hall–Kier alpha value is -2.76. The number of halogens is 6. The van der Waals surface area contributed by atoms with E-state index in [-0.39, 0.29) is 26.0 Å². The first-order valence-electron chi connectivity index (χ1n) is 39.7. The highest BCUT2D eigenvalue weighted by molar-refractivity contribution is 5.27. The molecule has 3 aromatic carbocycles. The molecule has 92 heavy (non-hydrogen) atoms. The van der Waals surface area contributed by atoms with Gasteiger partial charge in [0.25, 0.3) is 0 Å². The molecular weight excluding hydrogens is 1150 g/mol. The molecule has 0 unspecified atom stereocenters. The van der Waals surface area contributed by atoms with Crippen molar-refractivity contribution >= 4 is 0 Å². The van der Waals surface area contributed by atoms with Gasteiger partial charge >= 0.3 is 0 Å². The Bertz CT molecular complexity index is 2400.